The van der Waals surface area contributed by atoms with E-state index >= 15 is 0 Å². The average Bonchev–Trinajstić information content (AvgIpc) is 2.93. The van der Waals surface area contributed by atoms with E-state index in [9.17, 15) is 0 Å². The summed E-state index contributed by atoms with van der Waals surface area (Å²) in [5.74, 6) is 0.780. The van der Waals surface area contributed by atoms with Crippen LogP contribution in [-0.2, 0) is 4.74 Å². The summed E-state index contributed by atoms with van der Waals surface area (Å²) in [6.07, 6.45) is 7.43. The smallest absolute Gasteiger partial charge is 0.0468 e. The Morgan fingerprint density at radius 2 is 1.89 bits per heavy atom. The highest BCUT2D eigenvalue weighted by Gasteiger charge is 2.38. The Labute approximate surface area is 112 Å². The van der Waals surface area contributed by atoms with Crippen molar-refractivity contribution in [2.24, 2.45) is 11.7 Å². The monoisotopic (exact) mass is 254 g/mol. The summed E-state index contributed by atoms with van der Waals surface area (Å²) in [6.45, 7) is 9.02. The van der Waals surface area contributed by atoms with Crippen LogP contribution in [0.5, 0.6) is 0 Å². The standard InChI is InChI=1S/C15H30N2O/c1-3-15(2,17-8-4-5-9-17)14(16)12-13-6-10-18-11-7-13/h13-14H,3-12,16H2,1-2H3. The van der Waals surface area contributed by atoms with Gasteiger partial charge in [-0.25, -0.2) is 0 Å². The molecule has 0 aromatic carbocycles. The molecule has 106 valence electrons. The van der Waals surface area contributed by atoms with Crippen molar-refractivity contribution in [3.05, 3.63) is 0 Å². The first-order valence-electron chi connectivity index (χ1n) is 7.75. The average molecular weight is 254 g/mol. The van der Waals surface area contributed by atoms with Crippen molar-refractivity contribution >= 4 is 0 Å². The van der Waals surface area contributed by atoms with Crippen LogP contribution >= 0.6 is 0 Å². The molecule has 2 unspecified atom stereocenters. The van der Waals surface area contributed by atoms with Crippen LogP contribution in [0.1, 0.15) is 52.4 Å². The first-order chi connectivity index (χ1) is 8.66. The van der Waals surface area contributed by atoms with Crippen LogP contribution < -0.4 is 5.73 Å². The van der Waals surface area contributed by atoms with Gasteiger partial charge in [0.25, 0.3) is 0 Å². The third kappa shape index (κ3) is 3.06. The van der Waals surface area contributed by atoms with Gasteiger partial charge in [-0.2, -0.15) is 0 Å². The molecule has 0 spiro atoms. The summed E-state index contributed by atoms with van der Waals surface area (Å²) >= 11 is 0. The molecule has 2 rings (SSSR count). The first-order valence-corrected chi connectivity index (χ1v) is 7.75. The van der Waals surface area contributed by atoms with E-state index in [1.165, 1.54) is 45.2 Å². The summed E-state index contributed by atoms with van der Waals surface area (Å²) in [5.41, 5.74) is 6.79. The molecular weight excluding hydrogens is 224 g/mol. The Bertz CT molecular complexity index is 247. The highest BCUT2D eigenvalue weighted by Crippen LogP contribution is 2.31. The summed E-state index contributed by atoms with van der Waals surface area (Å²) < 4.78 is 5.44. The minimum absolute atomic E-state index is 0.203. The van der Waals surface area contributed by atoms with Gasteiger partial charge in [0, 0.05) is 24.8 Å². The predicted octanol–water partition coefficient (Wildman–Crippen LogP) is 2.39. The first kappa shape index (κ1) is 14.3. The Morgan fingerprint density at radius 3 is 2.44 bits per heavy atom. The van der Waals surface area contributed by atoms with Gasteiger partial charge in [0.2, 0.25) is 0 Å². The van der Waals surface area contributed by atoms with Crippen LogP contribution in [0.4, 0.5) is 0 Å². The third-order valence-corrected chi connectivity index (χ3v) is 5.27. The van der Waals surface area contributed by atoms with Crippen LogP contribution in [0, 0.1) is 5.92 Å². The molecule has 2 N–H and O–H groups in total. The molecule has 2 atom stereocenters. The van der Waals surface area contributed by atoms with Gasteiger partial charge >= 0.3 is 0 Å². The second-order valence-corrected chi connectivity index (χ2v) is 6.30. The molecule has 2 heterocycles. The molecule has 2 saturated heterocycles. The molecule has 3 nitrogen and oxygen atoms in total. The highest BCUT2D eigenvalue weighted by atomic mass is 16.5. The summed E-state index contributed by atoms with van der Waals surface area (Å²) in [6, 6.07) is 0.309. The van der Waals surface area contributed by atoms with Crippen LogP contribution in [0.2, 0.25) is 0 Å². The van der Waals surface area contributed by atoms with Crippen molar-refractivity contribution in [2.75, 3.05) is 26.3 Å². The number of likely N-dealkylation sites (tertiary alicyclic amines) is 1. The van der Waals surface area contributed by atoms with Crippen LogP contribution in [0.15, 0.2) is 0 Å². The van der Waals surface area contributed by atoms with Crippen LogP contribution in [0.25, 0.3) is 0 Å². The fraction of sp³-hybridized carbons (Fsp3) is 1.00. The zero-order valence-corrected chi connectivity index (χ0v) is 12.2. The normalized spacial score (nSPS) is 28.2. The predicted molar refractivity (Wildman–Crippen MR) is 75.6 cm³/mol. The minimum atomic E-state index is 0.203. The molecule has 0 aliphatic carbocycles. The lowest BCUT2D eigenvalue weighted by atomic mass is 9.80. The molecule has 0 aromatic heterocycles. The molecule has 18 heavy (non-hydrogen) atoms. The molecule has 0 amide bonds. The lowest BCUT2D eigenvalue weighted by Gasteiger charge is -2.44. The van der Waals surface area contributed by atoms with E-state index in [0.29, 0.717) is 6.04 Å². The van der Waals surface area contributed by atoms with E-state index < -0.39 is 0 Å². The van der Waals surface area contributed by atoms with Gasteiger partial charge in [0.1, 0.15) is 0 Å². The second kappa shape index (κ2) is 6.36. The van der Waals surface area contributed by atoms with E-state index in [0.717, 1.165) is 25.6 Å². The van der Waals surface area contributed by atoms with Gasteiger partial charge in [0.05, 0.1) is 0 Å². The van der Waals surface area contributed by atoms with E-state index in [2.05, 4.69) is 18.7 Å². The third-order valence-electron chi connectivity index (χ3n) is 5.27. The zero-order chi connectivity index (χ0) is 13.0. The van der Waals surface area contributed by atoms with Gasteiger partial charge in [-0.3, -0.25) is 4.90 Å². The molecule has 0 bridgehead atoms. The fourth-order valence-corrected chi connectivity index (χ4v) is 3.54. The zero-order valence-electron chi connectivity index (χ0n) is 12.2. The van der Waals surface area contributed by atoms with E-state index in [1.54, 1.807) is 0 Å². The van der Waals surface area contributed by atoms with Gasteiger partial charge in [-0.05, 0) is 64.5 Å². The SMILES string of the molecule is CCC(C)(C(N)CC1CCOCC1)N1CCCC1. The van der Waals surface area contributed by atoms with E-state index in [1.807, 2.05) is 0 Å². The van der Waals surface area contributed by atoms with Crippen molar-refractivity contribution in [3.8, 4) is 0 Å². The number of hydrogen-bond acceptors (Lipinski definition) is 3. The maximum atomic E-state index is 6.59. The van der Waals surface area contributed by atoms with Crippen LogP contribution in [-0.4, -0.2) is 42.8 Å². The van der Waals surface area contributed by atoms with Gasteiger partial charge < -0.3 is 10.5 Å². The summed E-state index contributed by atoms with van der Waals surface area (Å²) in [4.78, 5) is 2.64. The quantitative estimate of drug-likeness (QED) is 0.819. The molecule has 2 aliphatic rings. The molecule has 0 aromatic rings. The molecule has 2 aliphatic heterocycles. The molecule has 0 radical (unpaired) electrons. The maximum absolute atomic E-state index is 6.59. The van der Waals surface area contributed by atoms with Gasteiger partial charge in [0.15, 0.2) is 0 Å². The van der Waals surface area contributed by atoms with Crippen LogP contribution in [0.3, 0.4) is 0 Å². The maximum Gasteiger partial charge on any atom is 0.0468 e. The largest absolute Gasteiger partial charge is 0.381 e. The highest BCUT2D eigenvalue weighted by molar-refractivity contribution is 4.97. The number of nitrogens with zero attached hydrogens (tertiary/aromatic N) is 1. The summed E-state index contributed by atoms with van der Waals surface area (Å²) in [5, 5.41) is 0. The summed E-state index contributed by atoms with van der Waals surface area (Å²) in [7, 11) is 0. The van der Waals surface area contributed by atoms with Crippen molar-refractivity contribution < 1.29 is 4.74 Å². The lowest BCUT2D eigenvalue weighted by Crippen LogP contribution is -2.57. The fourth-order valence-electron chi connectivity index (χ4n) is 3.54. The van der Waals surface area contributed by atoms with E-state index in [-0.39, 0.29) is 5.54 Å². The molecule has 0 saturated carbocycles. The Kier molecular flexibility index (Phi) is 5.05. The van der Waals surface area contributed by atoms with Crippen molar-refractivity contribution in [2.45, 2.75) is 64.0 Å². The second-order valence-electron chi connectivity index (χ2n) is 6.30. The van der Waals surface area contributed by atoms with E-state index in [4.69, 9.17) is 10.5 Å². The number of ether oxygens (including phenoxy) is 1. The topological polar surface area (TPSA) is 38.5 Å². The Hall–Kier alpha value is -0.120. The minimum Gasteiger partial charge on any atom is -0.381 e. The molecular formula is C15H30N2O. The Balaban J connectivity index is 1.92. The number of rotatable bonds is 5. The van der Waals surface area contributed by atoms with Crippen molar-refractivity contribution in [1.29, 1.82) is 0 Å². The number of nitrogens with two attached hydrogens (primary N) is 1. The number of hydrogen-bond donors (Lipinski definition) is 1. The van der Waals surface area contributed by atoms with Crippen molar-refractivity contribution in [1.82, 2.24) is 4.90 Å². The van der Waals surface area contributed by atoms with Crippen molar-refractivity contribution in [3.63, 3.8) is 0 Å². The molecule has 2 fully saturated rings. The lowest BCUT2D eigenvalue weighted by molar-refractivity contribution is 0.0435. The molecule has 3 heteroatoms. The van der Waals surface area contributed by atoms with Gasteiger partial charge in [-0.1, -0.05) is 6.92 Å². The van der Waals surface area contributed by atoms with Gasteiger partial charge in [-0.15, -0.1) is 0 Å². The Morgan fingerprint density at radius 1 is 1.28 bits per heavy atom.